The molecule has 11 heteroatoms. The van der Waals surface area contributed by atoms with Crippen molar-refractivity contribution in [3.63, 3.8) is 0 Å². The van der Waals surface area contributed by atoms with Gasteiger partial charge < -0.3 is 10.8 Å². The zero-order valence-electron chi connectivity index (χ0n) is 17.3. The van der Waals surface area contributed by atoms with Crippen molar-refractivity contribution in [2.45, 2.75) is 37.8 Å². The van der Waals surface area contributed by atoms with Crippen molar-refractivity contribution in [1.82, 2.24) is 14.1 Å². The Bertz CT molecular complexity index is 1020. The summed E-state index contributed by atoms with van der Waals surface area (Å²) in [6.45, 7) is 3.66. The van der Waals surface area contributed by atoms with Gasteiger partial charge >= 0.3 is 0 Å². The van der Waals surface area contributed by atoms with Gasteiger partial charge in [0.2, 0.25) is 10.0 Å². The zero-order chi connectivity index (χ0) is 21.9. The molecule has 0 saturated heterocycles. The van der Waals surface area contributed by atoms with Crippen LogP contribution in [0.4, 0.5) is 4.39 Å². The van der Waals surface area contributed by atoms with Gasteiger partial charge in [0, 0.05) is 32.6 Å². The lowest BCUT2D eigenvalue weighted by atomic mass is 10.1. The second-order valence-corrected chi connectivity index (χ2v) is 9.43. The minimum Gasteiger partial charge on any atom is -0.387 e. The maximum atomic E-state index is 14.0. The minimum atomic E-state index is -3.66. The quantitative estimate of drug-likeness (QED) is 0.604. The third-order valence-electron chi connectivity index (χ3n) is 4.46. The summed E-state index contributed by atoms with van der Waals surface area (Å²) in [4.78, 5) is 0.00925. The number of allylic oxidation sites excluding steroid dienone is 1. The number of aromatic nitrogens is 2. The summed E-state index contributed by atoms with van der Waals surface area (Å²) in [5.41, 5.74) is 7.74. The second kappa shape index (κ2) is 10.7. The molecule has 0 aliphatic rings. The number of aryl methyl sites for hydroxylation is 1. The Labute approximate surface area is 187 Å². The summed E-state index contributed by atoms with van der Waals surface area (Å²) < 4.78 is 41.3. The third kappa shape index (κ3) is 5.81. The first-order valence-electron chi connectivity index (χ1n) is 8.98. The van der Waals surface area contributed by atoms with Crippen molar-refractivity contribution in [2.75, 3.05) is 20.6 Å². The van der Waals surface area contributed by atoms with Gasteiger partial charge in [-0.1, -0.05) is 17.7 Å². The number of aliphatic hydroxyl groups excluding tert-OH is 1. The molecular formula is C19H27Cl2FN4O3S. The zero-order valence-corrected chi connectivity index (χ0v) is 19.7. The van der Waals surface area contributed by atoms with Gasteiger partial charge in [0.15, 0.2) is 0 Å². The lowest BCUT2D eigenvalue weighted by Crippen LogP contribution is -2.22. The number of aliphatic hydroxyl groups is 1. The summed E-state index contributed by atoms with van der Waals surface area (Å²) in [5.74, 6) is -0.390. The first kappa shape index (κ1) is 26.5. The van der Waals surface area contributed by atoms with Crippen LogP contribution < -0.4 is 5.73 Å². The SMILES string of the molecule is Cc1nn(Cc2ccc(S(=O)(=O)N(C)C)c(Cl)c2)c(C(C)O)c1CC(F)=CCN.Cl. The maximum absolute atomic E-state index is 14.0. The van der Waals surface area contributed by atoms with E-state index in [0.29, 0.717) is 22.5 Å². The molecule has 1 heterocycles. The number of halogens is 3. The van der Waals surface area contributed by atoms with Crippen LogP contribution in [0.15, 0.2) is 35.0 Å². The molecule has 0 spiro atoms. The summed E-state index contributed by atoms with van der Waals surface area (Å²) in [6, 6.07) is 4.63. The van der Waals surface area contributed by atoms with Gasteiger partial charge in [-0.2, -0.15) is 5.10 Å². The number of rotatable bonds is 8. The lowest BCUT2D eigenvalue weighted by Gasteiger charge is -2.15. The third-order valence-corrected chi connectivity index (χ3v) is 6.76. The van der Waals surface area contributed by atoms with Crippen LogP contribution in [0.2, 0.25) is 5.02 Å². The predicted octanol–water partition coefficient (Wildman–Crippen LogP) is 2.97. The Morgan fingerprint density at radius 2 is 2.07 bits per heavy atom. The Morgan fingerprint density at radius 1 is 1.43 bits per heavy atom. The minimum absolute atomic E-state index is 0. The second-order valence-electron chi connectivity index (χ2n) is 6.90. The van der Waals surface area contributed by atoms with Crippen molar-refractivity contribution in [2.24, 2.45) is 5.73 Å². The molecule has 0 saturated carbocycles. The van der Waals surface area contributed by atoms with Crippen molar-refractivity contribution in [1.29, 1.82) is 0 Å². The largest absolute Gasteiger partial charge is 0.387 e. The average molecular weight is 481 g/mol. The number of hydrogen-bond donors (Lipinski definition) is 2. The van der Waals surface area contributed by atoms with Gasteiger partial charge in [0.25, 0.3) is 0 Å². The van der Waals surface area contributed by atoms with Gasteiger partial charge in [-0.25, -0.2) is 17.1 Å². The molecule has 30 heavy (non-hydrogen) atoms. The van der Waals surface area contributed by atoms with Gasteiger partial charge in [0.05, 0.1) is 29.1 Å². The van der Waals surface area contributed by atoms with E-state index in [1.54, 1.807) is 30.7 Å². The summed E-state index contributed by atoms with van der Waals surface area (Å²) in [5, 5.41) is 14.8. The fraction of sp³-hybridized carbons (Fsp3) is 0.421. The average Bonchev–Trinajstić information content (AvgIpc) is 2.90. The molecule has 0 radical (unpaired) electrons. The highest BCUT2D eigenvalue weighted by Crippen LogP contribution is 2.28. The Hall–Kier alpha value is -1.49. The first-order chi connectivity index (χ1) is 13.5. The van der Waals surface area contributed by atoms with Crippen LogP contribution in [0, 0.1) is 6.92 Å². The predicted molar refractivity (Wildman–Crippen MR) is 118 cm³/mol. The van der Waals surface area contributed by atoms with E-state index in [2.05, 4.69) is 5.10 Å². The molecule has 0 fully saturated rings. The van der Waals surface area contributed by atoms with Crippen LogP contribution in [0.3, 0.4) is 0 Å². The summed E-state index contributed by atoms with van der Waals surface area (Å²) in [7, 11) is -0.797. The van der Waals surface area contributed by atoms with Gasteiger partial charge in [-0.05, 0) is 37.6 Å². The van der Waals surface area contributed by atoms with E-state index in [9.17, 15) is 17.9 Å². The molecule has 0 aliphatic heterocycles. The number of sulfonamides is 1. The van der Waals surface area contributed by atoms with Crippen LogP contribution in [0.1, 0.15) is 35.5 Å². The fourth-order valence-corrected chi connectivity index (χ4v) is 4.47. The standard InChI is InChI=1S/C19H26ClFN4O3S.ClH/c1-12-16(10-15(21)7-8-22)19(13(2)26)25(23-12)11-14-5-6-18(17(20)9-14)29(27,28)24(3)4;/h5-7,9,13,26H,8,10-11,22H2,1-4H3;1H. The van der Waals surface area contributed by atoms with E-state index in [-0.39, 0.29) is 41.8 Å². The molecule has 1 aromatic carbocycles. The van der Waals surface area contributed by atoms with Crippen molar-refractivity contribution in [3.05, 3.63) is 57.6 Å². The Balaban J connectivity index is 0.00000450. The van der Waals surface area contributed by atoms with Crippen LogP contribution >= 0.6 is 24.0 Å². The molecule has 2 rings (SSSR count). The van der Waals surface area contributed by atoms with E-state index in [4.69, 9.17) is 17.3 Å². The number of nitrogens with zero attached hydrogens (tertiary/aromatic N) is 3. The van der Waals surface area contributed by atoms with Gasteiger partial charge in [-0.3, -0.25) is 4.68 Å². The molecule has 0 aliphatic carbocycles. The van der Waals surface area contributed by atoms with E-state index in [1.165, 1.54) is 26.2 Å². The molecule has 1 aromatic heterocycles. The van der Waals surface area contributed by atoms with E-state index >= 15 is 0 Å². The Kier molecular flexibility index (Phi) is 9.47. The van der Waals surface area contributed by atoms with Gasteiger partial charge in [0.1, 0.15) is 10.7 Å². The van der Waals surface area contributed by atoms with Crippen LogP contribution in [-0.2, 0) is 23.0 Å². The number of hydrogen-bond acceptors (Lipinski definition) is 5. The van der Waals surface area contributed by atoms with Gasteiger partial charge in [-0.15, -0.1) is 12.4 Å². The van der Waals surface area contributed by atoms with E-state index in [0.717, 1.165) is 4.31 Å². The maximum Gasteiger partial charge on any atom is 0.244 e. The number of nitrogens with two attached hydrogens (primary N) is 1. The number of benzene rings is 1. The van der Waals surface area contributed by atoms with Crippen LogP contribution in [0.25, 0.3) is 0 Å². The highest BCUT2D eigenvalue weighted by Gasteiger charge is 2.23. The highest BCUT2D eigenvalue weighted by atomic mass is 35.5. The molecule has 0 amide bonds. The van der Waals surface area contributed by atoms with Crippen molar-refractivity contribution in [3.8, 4) is 0 Å². The first-order valence-corrected chi connectivity index (χ1v) is 10.8. The molecule has 1 unspecified atom stereocenters. The normalized spacial score (nSPS) is 13.4. The highest BCUT2D eigenvalue weighted by molar-refractivity contribution is 7.89. The fourth-order valence-electron chi connectivity index (χ4n) is 3.03. The lowest BCUT2D eigenvalue weighted by molar-refractivity contribution is 0.186. The van der Waals surface area contributed by atoms with Crippen LogP contribution in [0.5, 0.6) is 0 Å². The molecule has 1 atom stereocenters. The Morgan fingerprint density at radius 3 is 2.57 bits per heavy atom. The van der Waals surface area contributed by atoms with Crippen molar-refractivity contribution >= 4 is 34.0 Å². The molecule has 2 aromatic rings. The van der Waals surface area contributed by atoms with Crippen LogP contribution in [-0.4, -0.2) is 48.3 Å². The van der Waals surface area contributed by atoms with E-state index in [1.807, 2.05) is 0 Å². The molecule has 3 N–H and O–H groups in total. The topological polar surface area (TPSA) is 101 Å². The summed E-state index contributed by atoms with van der Waals surface area (Å²) >= 11 is 6.21. The molecule has 0 bridgehead atoms. The summed E-state index contributed by atoms with van der Waals surface area (Å²) in [6.07, 6.45) is 0.400. The smallest absolute Gasteiger partial charge is 0.244 e. The molecule has 168 valence electrons. The molecular weight excluding hydrogens is 454 g/mol. The molecule has 7 nitrogen and oxygen atoms in total. The monoisotopic (exact) mass is 480 g/mol. The van der Waals surface area contributed by atoms with E-state index < -0.39 is 22.0 Å². The van der Waals surface area contributed by atoms with Crippen molar-refractivity contribution < 1.29 is 17.9 Å².